The number of esters is 1. The van der Waals surface area contributed by atoms with Crippen molar-refractivity contribution in [2.75, 3.05) is 26.4 Å². The predicted molar refractivity (Wildman–Crippen MR) is 93.8 cm³/mol. The van der Waals surface area contributed by atoms with E-state index in [-0.39, 0.29) is 5.97 Å². The van der Waals surface area contributed by atoms with Gasteiger partial charge in [-0.15, -0.1) is 0 Å². The van der Waals surface area contributed by atoms with Gasteiger partial charge in [-0.2, -0.15) is 0 Å². The number of carboxylic acid groups (broad SMARTS) is 1. The Bertz CT molecular complexity index is 343. The summed E-state index contributed by atoms with van der Waals surface area (Å²) in [5.41, 5.74) is -0.739. The minimum Gasteiger partial charge on any atom is -0.481 e. The Balaban J connectivity index is 0. The third-order valence-electron chi connectivity index (χ3n) is 2.85. The number of carbonyl (C=O) groups excluding carboxylic acids is 1. The van der Waals surface area contributed by atoms with Crippen molar-refractivity contribution < 1.29 is 32.7 Å². The van der Waals surface area contributed by atoms with E-state index in [0.717, 1.165) is 12.8 Å². The molecule has 0 aliphatic heterocycles. The average molecular weight is 365 g/mol. The fraction of sp³-hybridized carbons (Fsp3) is 0.750. The highest BCUT2D eigenvalue weighted by Crippen LogP contribution is 2.25. The molecule has 0 rings (SSSR count). The maximum atomic E-state index is 11.0. The zero-order valence-corrected chi connectivity index (χ0v) is 16.5. The highest BCUT2D eigenvalue weighted by molar-refractivity contribution is 6.66. The lowest BCUT2D eigenvalue weighted by molar-refractivity contribution is -0.139. The summed E-state index contributed by atoms with van der Waals surface area (Å²) < 4.78 is 21.0. The van der Waals surface area contributed by atoms with Crippen molar-refractivity contribution in [3.63, 3.8) is 0 Å². The van der Waals surface area contributed by atoms with Crippen LogP contribution in [0.25, 0.3) is 0 Å². The van der Waals surface area contributed by atoms with Crippen LogP contribution in [0, 0.1) is 0 Å². The lowest BCUT2D eigenvalue weighted by Gasteiger charge is -2.31. The summed E-state index contributed by atoms with van der Waals surface area (Å²) in [6, 6.07) is 0. The summed E-state index contributed by atoms with van der Waals surface area (Å²) in [7, 11) is -3.06. The largest absolute Gasteiger partial charge is 0.515 e. The lowest BCUT2D eigenvalue weighted by atomic mass is 10.4. The van der Waals surface area contributed by atoms with E-state index in [1.54, 1.807) is 27.7 Å². The molecule has 0 spiro atoms. The molecule has 1 unspecified atom stereocenters. The maximum absolute atomic E-state index is 11.0. The molecule has 0 aromatic heterocycles. The Labute approximate surface area is 146 Å². The normalized spacial score (nSPS) is 11.9. The molecule has 0 aromatic carbocycles. The quantitative estimate of drug-likeness (QED) is 0.246. The fourth-order valence-electron chi connectivity index (χ4n) is 1.63. The van der Waals surface area contributed by atoms with Crippen LogP contribution >= 0.6 is 0 Å². The van der Waals surface area contributed by atoms with Crippen molar-refractivity contribution in [1.29, 1.82) is 0 Å². The molecule has 0 aromatic rings. The topological polar surface area (TPSA) is 91.3 Å². The second-order valence-electron chi connectivity index (χ2n) is 4.69. The van der Waals surface area contributed by atoms with Crippen molar-refractivity contribution in [2.24, 2.45) is 0 Å². The number of carboxylic acids is 1. The van der Waals surface area contributed by atoms with Crippen LogP contribution in [0.3, 0.4) is 0 Å². The van der Waals surface area contributed by atoms with E-state index in [1.165, 1.54) is 6.08 Å². The average Bonchev–Trinajstić information content (AvgIpc) is 2.55. The van der Waals surface area contributed by atoms with E-state index in [1.807, 2.05) is 6.92 Å². The van der Waals surface area contributed by atoms with Gasteiger partial charge < -0.3 is 23.1 Å². The lowest BCUT2D eigenvalue weighted by Crippen LogP contribution is -2.51. The zero-order valence-electron chi connectivity index (χ0n) is 15.5. The SMILES string of the molecule is C=CC(=O)OCCCC.CCO[Si](OCC)(OCC)C(C)C(=O)O. The first-order chi connectivity index (χ1) is 11.3. The molecule has 1 atom stereocenters. The van der Waals surface area contributed by atoms with Crippen LogP contribution in [0.2, 0.25) is 5.54 Å². The predicted octanol–water partition coefficient (Wildman–Crippen LogP) is 3.03. The smallest absolute Gasteiger partial charge is 0.481 e. The number of carbonyl (C=O) groups is 2. The second-order valence-corrected chi connectivity index (χ2v) is 7.63. The monoisotopic (exact) mass is 364 g/mol. The molecular formula is C16H32O7Si. The Hall–Kier alpha value is -1.22. The van der Waals surface area contributed by atoms with Gasteiger partial charge in [-0.1, -0.05) is 19.9 Å². The molecule has 142 valence electrons. The standard InChI is InChI=1S/C9H20O5Si.C7H12O2/c1-5-12-15(13-6-2,14-7-3)8(4)9(10)11;1-3-5-6-9-7(8)4-2/h8H,5-7H2,1-4H3,(H,10,11);4H,2-3,5-6H2,1H3. The van der Waals surface area contributed by atoms with E-state index in [9.17, 15) is 9.59 Å². The van der Waals surface area contributed by atoms with Crippen molar-refractivity contribution in [3.8, 4) is 0 Å². The molecule has 24 heavy (non-hydrogen) atoms. The first-order valence-electron chi connectivity index (χ1n) is 8.28. The number of rotatable bonds is 12. The molecule has 8 heteroatoms. The first kappa shape index (κ1) is 25.0. The number of hydrogen-bond donors (Lipinski definition) is 1. The molecular weight excluding hydrogens is 332 g/mol. The van der Waals surface area contributed by atoms with Crippen molar-refractivity contribution in [3.05, 3.63) is 12.7 Å². The highest BCUT2D eigenvalue weighted by Gasteiger charge is 2.50. The second kappa shape index (κ2) is 15.3. The molecule has 0 aliphatic carbocycles. The molecule has 0 fully saturated rings. The zero-order chi connectivity index (χ0) is 19.0. The summed E-state index contributed by atoms with van der Waals surface area (Å²) >= 11 is 0. The van der Waals surface area contributed by atoms with Gasteiger partial charge in [-0.25, -0.2) is 4.79 Å². The van der Waals surface area contributed by atoms with Crippen LogP contribution in [0.4, 0.5) is 0 Å². The molecule has 0 heterocycles. The van der Waals surface area contributed by atoms with Crippen LogP contribution in [-0.4, -0.2) is 52.3 Å². The molecule has 0 bridgehead atoms. The molecule has 0 aliphatic rings. The molecule has 0 radical (unpaired) electrons. The van der Waals surface area contributed by atoms with E-state index >= 15 is 0 Å². The van der Waals surface area contributed by atoms with Gasteiger partial charge in [0.1, 0.15) is 5.54 Å². The van der Waals surface area contributed by atoms with Crippen molar-refractivity contribution in [2.45, 2.75) is 53.0 Å². The van der Waals surface area contributed by atoms with Crippen molar-refractivity contribution >= 4 is 20.7 Å². The van der Waals surface area contributed by atoms with Gasteiger partial charge in [0.15, 0.2) is 0 Å². The molecule has 7 nitrogen and oxygen atoms in total. The Kier molecular flexibility index (Phi) is 16.0. The molecule has 0 saturated carbocycles. The summed E-state index contributed by atoms with van der Waals surface area (Å²) in [6.45, 7) is 14.0. The minimum atomic E-state index is -3.06. The summed E-state index contributed by atoms with van der Waals surface area (Å²) in [4.78, 5) is 21.3. The Morgan fingerprint density at radius 1 is 1.08 bits per heavy atom. The summed E-state index contributed by atoms with van der Waals surface area (Å²) in [5.74, 6) is -1.28. The van der Waals surface area contributed by atoms with E-state index in [4.69, 9.17) is 18.4 Å². The summed E-state index contributed by atoms with van der Waals surface area (Å²) in [6.07, 6.45) is 3.15. The van der Waals surface area contributed by atoms with Crippen LogP contribution in [0.5, 0.6) is 0 Å². The number of unbranched alkanes of at least 4 members (excludes halogenated alkanes) is 1. The number of aliphatic carboxylic acids is 1. The van der Waals surface area contributed by atoms with E-state index < -0.39 is 20.3 Å². The number of hydrogen-bond acceptors (Lipinski definition) is 6. The van der Waals surface area contributed by atoms with Crippen LogP contribution in [-0.2, 0) is 27.6 Å². The molecule has 0 amide bonds. The van der Waals surface area contributed by atoms with Gasteiger partial charge >= 0.3 is 20.7 Å². The van der Waals surface area contributed by atoms with E-state index in [0.29, 0.717) is 26.4 Å². The van der Waals surface area contributed by atoms with Gasteiger partial charge in [0.05, 0.1) is 6.61 Å². The van der Waals surface area contributed by atoms with Crippen LogP contribution in [0.15, 0.2) is 12.7 Å². The van der Waals surface area contributed by atoms with E-state index in [2.05, 4.69) is 11.3 Å². The number of ether oxygens (including phenoxy) is 1. The fourth-order valence-corrected chi connectivity index (χ4v) is 4.14. The van der Waals surface area contributed by atoms with Crippen LogP contribution in [0.1, 0.15) is 47.5 Å². The van der Waals surface area contributed by atoms with Gasteiger partial charge in [-0.05, 0) is 34.1 Å². The van der Waals surface area contributed by atoms with Gasteiger partial charge in [-0.3, -0.25) is 4.79 Å². The van der Waals surface area contributed by atoms with Gasteiger partial charge in [0, 0.05) is 25.9 Å². The molecule has 0 saturated heterocycles. The van der Waals surface area contributed by atoms with Gasteiger partial charge in [0.2, 0.25) is 0 Å². The third kappa shape index (κ3) is 10.5. The highest BCUT2D eigenvalue weighted by atomic mass is 28.4. The first-order valence-corrected chi connectivity index (χ1v) is 10.1. The minimum absolute atomic E-state index is 0.330. The molecule has 1 N–H and O–H groups in total. The van der Waals surface area contributed by atoms with Crippen LogP contribution < -0.4 is 0 Å². The Morgan fingerprint density at radius 3 is 1.83 bits per heavy atom. The van der Waals surface area contributed by atoms with Gasteiger partial charge in [0.25, 0.3) is 0 Å². The maximum Gasteiger partial charge on any atom is 0.515 e. The Morgan fingerprint density at radius 2 is 1.54 bits per heavy atom. The summed E-state index contributed by atoms with van der Waals surface area (Å²) in [5, 5.41) is 8.99. The van der Waals surface area contributed by atoms with Crippen molar-refractivity contribution in [1.82, 2.24) is 0 Å². The third-order valence-corrected chi connectivity index (χ3v) is 6.23.